The lowest BCUT2D eigenvalue weighted by Gasteiger charge is -2.32. The van der Waals surface area contributed by atoms with Crippen LogP contribution in [0.15, 0.2) is 42.9 Å². The van der Waals surface area contributed by atoms with E-state index < -0.39 is 6.61 Å². The standard InChI is InChI=1S/C25H31N5O2/c31-17-24(32)20-13-27-25(28-14-20)29-9-7-18(8-10-29)11-26-12-21-16-30(15-19-5-6-19)23-4-2-1-3-22(21)23/h1-4,13-14,16,18-19,26,31H,5-12,15,17H2. The van der Waals surface area contributed by atoms with Crippen LogP contribution < -0.4 is 10.2 Å². The Bertz CT molecular complexity index is 1070. The number of carbonyl (C=O) groups excluding carboxylic acids is 1. The van der Waals surface area contributed by atoms with E-state index in [1.807, 2.05) is 0 Å². The summed E-state index contributed by atoms with van der Waals surface area (Å²) >= 11 is 0. The number of piperidine rings is 1. The molecule has 7 nitrogen and oxygen atoms in total. The Labute approximate surface area is 188 Å². The predicted molar refractivity (Wildman–Crippen MR) is 125 cm³/mol. The average Bonchev–Trinajstić information content (AvgIpc) is 3.60. The van der Waals surface area contributed by atoms with Gasteiger partial charge in [0.25, 0.3) is 0 Å². The van der Waals surface area contributed by atoms with Crippen LogP contribution >= 0.6 is 0 Å². The van der Waals surface area contributed by atoms with E-state index in [9.17, 15) is 4.79 Å². The first-order valence-corrected chi connectivity index (χ1v) is 11.7. The van der Waals surface area contributed by atoms with Gasteiger partial charge < -0.3 is 19.9 Å². The second-order valence-electron chi connectivity index (χ2n) is 9.18. The Morgan fingerprint density at radius 1 is 1.06 bits per heavy atom. The molecule has 32 heavy (non-hydrogen) atoms. The molecule has 0 bridgehead atoms. The number of ketones is 1. The number of hydrogen-bond donors (Lipinski definition) is 2. The molecular formula is C25H31N5O2. The second-order valence-corrected chi connectivity index (χ2v) is 9.18. The lowest BCUT2D eigenvalue weighted by molar-refractivity contribution is 0.0903. The highest BCUT2D eigenvalue weighted by molar-refractivity contribution is 5.96. The van der Waals surface area contributed by atoms with E-state index in [0.29, 0.717) is 17.4 Å². The van der Waals surface area contributed by atoms with E-state index in [-0.39, 0.29) is 5.78 Å². The Kier molecular flexibility index (Phi) is 6.19. The number of Topliss-reactive ketones (excluding diaryl/α,β-unsaturated/α-hetero) is 1. The minimum Gasteiger partial charge on any atom is -0.388 e. The maximum Gasteiger partial charge on any atom is 0.225 e. The van der Waals surface area contributed by atoms with Crippen molar-refractivity contribution in [3.8, 4) is 0 Å². The van der Waals surface area contributed by atoms with Gasteiger partial charge >= 0.3 is 0 Å². The number of para-hydroxylation sites is 1. The largest absolute Gasteiger partial charge is 0.388 e. The fourth-order valence-corrected chi connectivity index (χ4v) is 4.66. The summed E-state index contributed by atoms with van der Waals surface area (Å²) in [5.41, 5.74) is 3.11. The predicted octanol–water partition coefficient (Wildman–Crippen LogP) is 3.02. The van der Waals surface area contributed by atoms with E-state index in [1.54, 1.807) is 0 Å². The van der Waals surface area contributed by atoms with Gasteiger partial charge in [-0.05, 0) is 55.7 Å². The number of aliphatic hydroxyl groups is 1. The number of fused-ring (bicyclic) bond motifs is 1. The van der Waals surface area contributed by atoms with Crippen molar-refractivity contribution < 1.29 is 9.90 Å². The minimum absolute atomic E-state index is 0.350. The highest BCUT2D eigenvalue weighted by Crippen LogP contribution is 2.33. The maximum atomic E-state index is 11.5. The van der Waals surface area contributed by atoms with Crippen LogP contribution in [0.3, 0.4) is 0 Å². The molecule has 3 aromatic rings. The number of aromatic nitrogens is 3. The molecule has 0 amide bonds. The zero-order valence-electron chi connectivity index (χ0n) is 18.4. The van der Waals surface area contributed by atoms with E-state index in [1.165, 1.54) is 41.7 Å². The van der Waals surface area contributed by atoms with Gasteiger partial charge in [0.15, 0.2) is 5.78 Å². The van der Waals surface area contributed by atoms with Crippen LogP contribution in [0, 0.1) is 11.8 Å². The van der Waals surface area contributed by atoms with Gasteiger partial charge in [-0.15, -0.1) is 0 Å². The molecule has 2 aliphatic rings. The summed E-state index contributed by atoms with van der Waals surface area (Å²) in [5.74, 6) is 1.82. The van der Waals surface area contributed by atoms with Gasteiger partial charge in [-0.2, -0.15) is 0 Å². The highest BCUT2D eigenvalue weighted by Gasteiger charge is 2.23. The van der Waals surface area contributed by atoms with Crippen LogP contribution in [-0.2, 0) is 13.1 Å². The van der Waals surface area contributed by atoms with Crippen LogP contribution in [-0.4, -0.2) is 51.7 Å². The van der Waals surface area contributed by atoms with Crippen molar-refractivity contribution in [2.45, 2.75) is 38.8 Å². The van der Waals surface area contributed by atoms with Crippen molar-refractivity contribution in [3.63, 3.8) is 0 Å². The van der Waals surface area contributed by atoms with Crippen molar-refractivity contribution in [1.29, 1.82) is 0 Å². The van der Waals surface area contributed by atoms with Gasteiger partial charge in [-0.25, -0.2) is 9.97 Å². The first-order valence-electron chi connectivity index (χ1n) is 11.7. The number of nitrogens with zero attached hydrogens (tertiary/aromatic N) is 4. The van der Waals surface area contributed by atoms with Gasteiger partial charge in [0, 0.05) is 55.7 Å². The van der Waals surface area contributed by atoms with E-state index in [0.717, 1.165) is 51.5 Å². The summed E-state index contributed by atoms with van der Waals surface area (Å²) in [6.45, 7) is 4.39. The Morgan fingerprint density at radius 3 is 2.53 bits per heavy atom. The van der Waals surface area contributed by atoms with Gasteiger partial charge in [0.1, 0.15) is 6.61 Å². The summed E-state index contributed by atoms with van der Waals surface area (Å²) < 4.78 is 2.45. The lowest BCUT2D eigenvalue weighted by Crippen LogP contribution is -2.38. The zero-order valence-corrected chi connectivity index (χ0v) is 18.4. The average molecular weight is 434 g/mol. The molecule has 3 heterocycles. The SMILES string of the molecule is O=C(CO)c1cnc(N2CCC(CNCc3cn(CC4CC4)c4ccccc34)CC2)nc1. The normalized spacial score (nSPS) is 17.2. The van der Waals surface area contributed by atoms with Crippen LogP contribution in [0.2, 0.25) is 0 Å². The Hall–Kier alpha value is -2.77. The summed E-state index contributed by atoms with van der Waals surface area (Å²) in [5, 5.41) is 14.0. The number of hydrogen-bond acceptors (Lipinski definition) is 6. The molecule has 1 aliphatic carbocycles. The van der Waals surface area contributed by atoms with Crippen molar-refractivity contribution in [2.75, 3.05) is 31.1 Å². The van der Waals surface area contributed by atoms with Crippen molar-refractivity contribution in [3.05, 3.63) is 54.0 Å². The number of nitrogens with one attached hydrogen (secondary N) is 1. The summed E-state index contributed by atoms with van der Waals surface area (Å²) in [4.78, 5) is 22.3. The first-order chi connectivity index (χ1) is 15.7. The van der Waals surface area contributed by atoms with E-state index in [2.05, 4.69) is 55.2 Å². The third-order valence-corrected chi connectivity index (χ3v) is 6.77. The molecule has 2 N–H and O–H groups in total. The molecule has 1 saturated heterocycles. The molecule has 0 atom stereocenters. The molecule has 2 aromatic heterocycles. The topological polar surface area (TPSA) is 83.3 Å². The first kappa shape index (κ1) is 21.1. The fraction of sp³-hybridized carbons (Fsp3) is 0.480. The van der Waals surface area contributed by atoms with Crippen molar-refractivity contribution in [2.24, 2.45) is 11.8 Å². The van der Waals surface area contributed by atoms with Gasteiger partial charge in [0.2, 0.25) is 5.95 Å². The van der Waals surface area contributed by atoms with Gasteiger partial charge in [-0.1, -0.05) is 18.2 Å². The Balaban J connectivity index is 1.12. The molecule has 1 aromatic carbocycles. The molecule has 2 fully saturated rings. The third kappa shape index (κ3) is 4.69. The quantitative estimate of drug-likeness (QED) is 0.505. The Morgan fingerprint density at radius 2 is 1.81 bits per heavy atom. The molecule has 0 spiro atoms. The van der Waals surface area contributed by atoms with E-state index in [4.69, 9.17) is 5.11 Å². The lowest BCUT2D eigenvalue weighted by atomic mass is 9.97. The van der Waals surface area contributed by atoms with Gasteiger partial charge in [-0.3, -0.25) is 4.79 Å². The molecule has 5 rings (SSSR count). The second kappa shape index (κ2) is 9.38. The summed E-state index contributed by atoms with van der Waals surface area (Å²) in [7, 11) is 0. The van der Waals surface area contributed by atoms with E-state index >= 15 is 0 Å². The number of aliphatic hydroxyl groups excluding tert-OH is 1. The van der Waals surface area contributed by atoms with Crippen LogP contribution in [0.5, 0.6) is 0 Å². The number of anilines is 1. The number of rotatable bonds is 9. The van der Waals surface area contributed by atoms with Crippen LogP contribution in [0.4, 0.5) is 5.95 Å². The summed E-state index contributed by atoms with van der Waals surface area (Å²) in [6, 6.07) is 8.76. The molecule has 7 heteroatoms. The molecule has 1 aliphatic heterocycles. The maximum absolute atomic E-state index is 11.5. The van der Waals surface area contributed by atoms with Crippen molar-refractivity contribution >= 4 is 22.6 Å². The third-order valence-electron chi connectivity index (χ3n) is 6.77. The molecule has 168 valence electrons. The number of carbonyl (C=O) groups is 1. The van der Waals surface area contributed by atoms with Crippen molar-refractivity contribution in [1.82, 2.24) is 19.9 Å². The molecular weight excluding hydrogens is 402 g/mol. The monoisotopic (exact) mass is 433 g/mol. The number of benzene rings is 1. The fourth-order valence-electron chi connectivity index (χ4n) is 4.66. The van der Waals surface area contributed by atoms with Gasteiger partial charge in [0.05, 0.1) is 5.56 Å². The minimum atomic E-state index is -0.512. The molecule has 0 radical (unpaired) electrons. The smallest absolute Gasteiger partial charge is 0.225 e. The zero-order chi connectivity index (χ0) is 21.9. The molecule has 0 unspecified atom stereocenters. The molecule has 1 saturated carbocycles. The highest BCUT2D eigenvalue weighted by atomic mass is 16.3. The summed E-state index contributed by atoms with van der Waals surface area (Å²) in [6.07, 6.45) is 10.3. The van der Waals surface area contributed by atoms with Crippen LogP contribution in [0.1, 0.15) is 41.6 Å². The van der Waals surface area contributed by atoms with Crippen LogP contribution in [0.25, 0.3) is 10.9 Å².